The first kappa shape index (κ1) is 21.3. The number of rotatable bonds is 5. The molecule has 2 aliphatic heterocycles. The first-order chi connectivity index (χ1) is 15.5. The number of benzene rings is 2. The highest BCUT2D eigenvalue weighted by molar-refractivity contribution is 8.17. The monoisotopic (exact) mass is 447 g/mol. The largest absolute Gasteiger partial charge is 0.493 e. The topological polar surface area (TPSA) is 113 Å². The third-order valence-corrected chi connectivity index (χ3v) is 6.16. The van der Waals surface area contributed by atoms with Crippen LogP contribution in [0, 0.1) is 11.3 Å². The maximum Gasteiger partial charge on any atom is 0.255 e. The lowest BCUT2D eigenvalue weighted by Gasteiger charge is -2.36. The van der Waals surface area contributed by atoms with Crippen molar-refractivity contribution in [3.05, 3.63) is 76.1 Å². The molecule has 0 aromatic heterocycles. The van der Waals surface area contributed by atoms with Crippen LogP contribution >= 0.6 is 11.8 Å². The van der Waals surface area contributed by atoms with Crippen molar-refractivity contribution in [3.63, 3.8) is 0 Å². The molecule has 0 unspecified atom stereocenters. The summed E-state index contributed by atoms with van der Waals surface area (Å²) < 4.78 is 11.1. The molecule has 0 spiro atoms. The van der Waals surface area contributed by atoms with E-state index in [4.69, 9.17) is 15.2 Å². The number of thioether (sulfide) groups is 1. The number of hydrogen-bond donors (Lipinski definition) is 2. The zero-order chi connectivity index (χ0) is 22.8. The third kappa shape index (κ3) is 3.55. The quantitative estimate of drug-likeness (QED) is 0.718. The number of para-hydroxylation sites is 2. The summed E-state index contributed by atoms with van der Waals surface area (Å²) in [5.74, 6) is 0.907. The van der Waals surface area contributed by atoms with E-state index in [1.807, 2.05) is 30.3 Å². The van der Waals surface area contributed by atoms with Gasteiger partial charge in [0.25, 0.3) is 5.91 Å². The van der Waals surface area contributed by atoms with Crippen molar-refractivity contribution in [1.29, 1.82) is 5.26 Å². The second kappa shape index (κ2) is 8.69. The highest BCUT2D eigenvalue weighted by Gasteiger charge is 2.43. The summed E-state index contributed by atoms with van der Waals surface area (Å²) in [5.41, 5.74) is 8.59. The Balaban J connectivity index is 1.90. The van der Waals surface area contributed by atoms with Gasteiger partial charge in [-0.3, -0.25) is 9.69 Å². The molecule has 2 aromatic rings. The number of nitrogens with two attached hydrogens (primary N) is 1. The fourth-order valence-electron chi connectivity index (χ4n) is 3.77. The Labute approximate surface area is 190 Å². The predicted molar refractivity (Wildman–Crippen MR) is 124 cm³/mol. The Hall–Kier alpha value is -3.90. The van der Waals surface area contributed by atoms with E-state index in [9.17, 15) is 10.1 Å². The van der Waals surface area contributed by atoms with Crippen LogP contribution in [0.4, 0.5) is 5.69 Å². The fraction of sp³-hybridized carbons (Fsp3) is 0.174. The van der Waals surface area contributed by atoms with Gasteiger partial charge in [0.05, 0.1) is 31.5 Å². The van der Waals surface area contributed by atoms with Crippen molar-refractivity contribution in [2.24, 2.45) is 10.7 Å². The van der Waals surface area contributed by atoms with E-state index in [0.717, 1.165) is 0 Å². The average molecular weight is 448 g/mol. The molecule has 8 nitrogen and oxygen atoms in total. The number of amides is 1. The summed E-state index contributed by atoms with van der Waals surface area (Å²) in [6.07, 6.45) is 0. The maximum atomic E-state index is 13.5. The van der Waals surface area contributed by atoms with Crippen LogP contribution in [-0.4, -0.2) is 30.2 Å². The van der Waals surface area contributed by atoms with Crippen LogP contribution in [0.1, 0.15) is 18.5 Å². The predicted octanol–water partition coefficient (Wildman–Crippen LogP) is 3.73. The second-order valence-corrected chi connectivity index (χ2v) is 7.97. The smallest absolute Gasteiger partial charge is 0.255 e. The van der Waals surface area contributed by atoms with Crippen molar-refractivity contribution in [2.45, 2.75) is 13.0 Å². The summed E-state index contributed by atoms with van der Waals surface area (Å²) in [5, 5.41) is 13.0. The van der Waals surface area contributed by atoms with E-state index in [2.05, 4.69) is 16.4 Å². The molecular weight excluding hydrogens is 426 g/mol. The van der Waals surface area contributed by atoms with Gasteiger partial charge in [-0.1, -0.05) is 30.3 Å². The van der Waals surface area contributed by atoms with Crippen LogP contribution in [0.25, 0.3) is 0 Å². The molecular formula is C23H21N5O3S. The summed E-state index contributed by atoms with van der Waals surface area (Å²) in [7, 11) is 3.09. The zero-order valence-corrected chi connectivity index (χ0v) is 18.6. The number of amidine groups is 1. The minimum Gasteiger partial charge on any atom is -0.493 e. The molecule has 0 radical (unpaired) electrons. The summed E-state index contributed by atoms with van der Waals surface area (Å²) in [6.45, 7) is 1.77. The number of nitriles is 1. The van der Waals surface area contributed by atoms with Gasteiger partial charge in [0.2, 0.25) is 0 Å². The summed E-state index contributed by atoms with van der Waals surface area (Å²) in [6, 6.07) is 16.0. The lowest BCUT2D eigenvalue weighted by molar-refractivity contribution is -0.113. The number of nitrogens with one attached hydrogen (secondary N) is 1. The molecule has 2 heterocycles. The molecule has 2 aromatic carbocycles. The number of allylic oxidation sites excluding steroid dienone is 2. The highest BCUT2D eigenvalue weighted by atomic mass is 32.2. The average Bonchev–Trinajstić information content (AvgIpc) is 3.12. The minimum absolute atomic E-state index is 0.239. The molecule has 32 heavy (non-hydrogen) atoms. The first-order valence-electron chi connectivity index (χ1n) is 9.73. The van der Waals surface area contributed by atoms with Gasteiger partial charge in [0.15, 0.2) is 16.7 Å². The van der Waals surface area contributed by atoms with Gasteiger partial charge in [0.1, 0.15) is 16.8 Å². The van der Waals surface area contributed by atoms with Gasteiger partial charge in [-0.2, -0.15) is 5.26 Å². The Morgan fingerprint density at radius 2 is 1.94 bits per heavy atom. The number of ether oxygens (including phenoxy) is 2. The third-order valence-electron chi connectivity index (χ3n) is 5.18. The standard InChI is InChI=1S/C23H21N5O3S/c1-13-18(22(29)27-14-8-5-4-6-9-14)19(15-10-7-11-16(30-2)20(15)31-3)28-21(25)17(12-24)32-23(28)26-13/h4-11,19H,25H2,1-3H3,(H,27,29)/t19-/m1/s1. The van der Waals surface area contributed by atoms with E-state index in [1.165, 1.54) is 18.9 Å². The van der Waals surface area contributed by atoms with Gasteiger partial charge in [-0.15, -0.1) is 0 Å². The molecule has 162 valence electrons. The molecule has 1 atom stereocenters. The molecule has 2 aliphatic rings. The van der Waals surface area contributed by atoms with Gasteiger partial charge in [0, 0.05) is 11.3 Å². The zero-order valence-electron chi connectivity index (χ0n) is 17.7. The van der Waals surface area contributed by atoms with E-state index >= 15 is 0 Å². The Bertz CT molecular complexity index is 1210. The lowest BCUT2D eigenvalue weighted by Crippen LogP contribution is -2.39. The summed E-state index contributed by atoms with van der Waals surface area (Å²) in [4.78, 5) is 20.1. The number of carbonyl (C=O) groups excluding carboxylic acids is 1. The molecule has 3 N–H and O–H groups in total. The maximum absolute atomic E-state index is 13.5. The first-order valence-corrected chi connectivity index (χ1v) is 10.6. The molecule has 0 fully saturated rings. The fourth-order valence-corrected chi connectivity index (χ4v) is 4.69. The molecule has 4 rings (SSSR count). The van der Waals surface area contributed by atoms with Crippen molar-refractivity contribution in [1.82, 2.24) is 4.90 Å². The van der Waals surface area contributed by atoms with E-state index in [1.54, 1.807) is 37.1 Å². The molecule has 0 saturated heterocycles. The van der Waals surface area contributed by atoms with Gasteiger partial charge >= 0.3 is 0 Å². The van der Waals surface area contributed by atoms with Crippen LogP contribution in [-0.2, 0) is 4.79 Å². The van der Waals surface area contributed by atoms with E-state index in [-0.39, 0.29) is 11.7 Å². The van der Waals surface area contributed by atoms with E-state index in [0.29, 0.717) is 44.1 Å². The van der Waals surface area contributed by atoms with Crippen molar-refractivity contribution in [2.75, 3.05) is 19.5 Å². The minimum atomic E-state index is -0.672. The number of fused-ring (bicyclic) bond motifs is 1. The van der Waals surface area contributed by atoms with Crippen molar-refractivity contribution in [3.8, 4) is 17.6 Å². The van der Waals surface area contributed by atoms with Crippen LogP contribution in [0.15, 0.2) is 75.5 Å². The van der Waals surface area contributed by atoms with Crippen molar-refractivity contribution >= 4 is 28.5 Å². The molecule has 0 saturated carbocycles. The van der Waals surface area contributed by atoms with Crippen LogP contribution in [0.5, 0.6) is 11.5 Å². The number of aliphatic imine (C=N–C) groups is 1. The van der Waals surface area contributed by atoms with Gasteiger partial charge < -0.3 is 20.5 Å². The SMILES string of the molecule is COc1cccc([C@@H]2C(C(=O)Nc3ccccc3)=C(C)N=C3SC(C#N)=C(N)N32)c1OC. The van der Waals surface area contributed by atoms with Gasteiger partial charge in [-0.25, -0.2) is 4.99 Å². The Morgan fingerprint density at radius 1 is 1.19 bits per heavy atom. The number of nitrogens with zero attached hydrogens (tertiary/aromatic N) is 3. The Kier molecular flexibility index (Phi) is 5.79. The van der Waals surface area contributed by atoms with Crippen LogP contribution < -0.4 is 20.5 Å². The van der Waals surface area contributed by atoms with Crippen molar-refractivity contribution < 1.29 is 14.3 Å². The normalized spacial score (nSPS) is 17.5. The number of anilines is 1. The molecule has 1 amide bonds. The van der Waals surface area contributed by atoms with E-state index < -0.39 is 6.04 Å². The Morgan fingerprint density at radius 3 is 2.59 bits per heavy atom. The summed E-state index contributed by atoms with van der Waals surface area (Å²) >= 11 is 1.18. The lowest BCUT2D eigenvalue weighted by atomic mass is 9.92. The van der Waals surface area contributed by atoms with Crippen LogP contribution in [0.3, 0.4) is 0 Å². The van der Waals surface area contributed by atoms with Gasteiger partial charge in [-0.05, 0) is 36.9 Å². The number of methoxy groups -OCH3 is 2. The number of hydrogen-bond acceptors (Lipinski definition) is 8. The number of carbonyl (C=O) groups is 1. The molecule has 0 aliphatic carbocycles. The van der Waals surface area contributed by atoms with Crippen LogP contribution in [0.2, 0.25) is 0 Å². The molecule has 0 bridgehead atoms. The highest BCUT2D eigenvalue weighted by Crippen LogP contribution is 2.48. The molecule has 9 heteroatoms. The second-order valence-electron chi connectivity index (χ2n) is 7.00.